The highest BCUT2D eigenvalue weighted by atomic mass is 32.2. The van der Waals surface area contributed by atoms with E-state index in [1.807, 2.05) is 24.3 Å². The SMILES string of the molecule is CCS(=O)(=O)N1Cc2ccccc2C[C@@H]1C(=O)Nc1cc(F)ccc1C. The summed E-state index contributed by atoms with van der Waals surface area (Å²) in [7, 11) is -3.57. The van der Waals surface area contributed by atoms with Crippen LogP contribution in [0, 0.1) is 12.7 Å². The lowest BCUT2D eigenvalue weighted by molar-refractivity contribution is -0.120. The summed E-state index contributed by atoms with van der Waals surface area (Å²) in [5, 5.41) is 2.69. The smallest absolute Gasteiger partial charge is 0.243 e. The number of rotatable bonds is 4. The van der Waals surface area contributed by atoms with E-state index in [1.165, 1.54) is 16.4 Å². The Hall–Kier alpha value is -2.25. The molecule has 1 heterocycles. The first-order valence-electron chi connectivity index (χ1n) is 8.45. The number of hydrogen-bond donors (Lipinski definition) is 1. The first-order valence-corrected chi connectivity index (χ1v) is 10.1. The number of benzene rings is 2. The second kappa shape index (κ2) is 7.17. The molecular formula is C19H21FN2O3S. The number of carbonyl (C=O) groups is 1. The van der Waals surface area contributed by atoms with Crippen LogP contribution in [0.2, 0.25) is 0 Å². The highest BCUT2D eigenvalue weighted by molar-refractivity contribution is 7.89. The number of carbonyl (C=O) groups excluding carboxylic acids is 1. The van der Waals surface area contributed by atoms with Crippen molar-refractivity contribution in [2.75, 3.05) is 11.1 Å². The van der Waals surface area contributed by atoms with Crippen LogP contribution < -0.4 is 5.32 Å². The van der Waals surface area contributed by atoms with Crippen molar-refractivity contribution in [3.05, 3.63) is 65.0 Å². The van der Waals surface area contributed by atoms with Gasteiger partial charge in [0, 0.05) is 12.2 Å². The second-order valence-corrected chi connectivity index (χ2v) is 8.59. The van der Waals surface area contributed by atoms with Crippen LogP contribution in [0.4, 0.5) is 10.1 Å². The number of amides is 1. The Labute approximate surface area is 152 Å². The summed E-state index contributed by atoms with van der Waals surface area (Å²) in [6.07, 6.45) is 0.287. The fourth-order valence-electron chi connectivity index (χ4n) is 3.13. The number of nitrogens with one attached hydrogen (secondary N) is 1. The van der Waals surface area contributed by atoms with Gasteiger partial charge in [-0.05, 0) is 49.1 Å². The first-order chi connectivity index (χ1) is 12.3. The summed E-state index contributed by atoms with van der Waals surface area (Å²) in [5.74, 6) is -0.999. The number of halogens is 1. The van der Waals surface area contributed by atoms with Crippen molar-refractivity contribution < 1.29 is 17.6 Å². The summed E-state index contributed by atoms with van der Waals surface area (Å²) < 4.78 is 39.8. The minimum Gasteiger partial charge on any atom is -0.324 e. The van der Waals surface area contributed by atoms with E-state index in [-0.39, 0.29) is 18.7 Å². The average Bonchev–Trinajstić information content (AvgIpc) is 2.63. The van der Waals surface area contributed by atoms with Crippen molar-refractivity contribution in [3.63, 3.8) is 0 Å². The van der Waals surface area contributed by atoms with Crippen LogP contribution in [-0.4, -0.2) is 30.4 Å². The first kappa shape index (κ1) is 18.5. The molecule has 0 bridgehead atoms. The molecule has 0 aromatic heterocycles. The fourth-order valence-corrected chi connectivity index (χ4v) is 4.35. The van der Waals surface area contributed by atoms with Gasteiger partial charge >= 0.3 is 0 Å². The molecule has 2 aromatic rings. The zero-order valence-corrected chi connectivity index (χ0v) is 15.5. The van der Waals surface area contributed by atoms with Gasteiger partial charge in [0.15, 0.2) is 0 Å². The van der Waals surface area contributed by atoms with Gasteiger partial charge in [0.1, 0.15) is 11.9 Å². The van der Waals surface area contributed by atoms with Crippen LogP contribution in [-0.2, 0) is 27.8 Å². The highest BCUT2D eigenvalue weighted by Gasteiger charge is 2.38. The van der Waals surface area contributed by atoms with E-state index in [2.05, 4.69) is 5.32 Å². The molecule has 1 N–H and O–H groups in total. The van der Waals surface area contributed by atoms with Gasteiger partial charge in [-0.1, -0.05) is 30.3 Å². The van der Waals surface area contributed by atoms with E-state index >= 15 is 0 Å². The van der Waals surface area contributed by atoms with Crippen molar-refractivity contribution in [3.8, 4) is 0 Å². The number of fused-ring (bicyclic) bond motifs is 1. The normalized spacial score (nSPS) is 17.6. The molecule has 1 aliphatic rings. The predicted octanol–water partition coefficient (Wildman–Crippen LogP) is 2.85. The lowest BCUT2D eigenvalue weighted by atomic mass is 9.95. The number of aryl methyl sites for hydroxylation is 1. The predicted molar refractivity (Wildman–Crippen MR) is 98.7 cm³/mol. The molecule has 2 aromatic carbocycles. The minimum atomic E-state index is -3.57. The van der Waals surface area contributed by atoms with E-state index in [0.29, 0.717) is 11.3 Å². The van der Waals surface area contributed by atoms with E-state index in [4.69, 9.17) is 0 Å². The Morgan fingerprint density at radius 3 is 2.62 bits per heavy atom. The lowest BCUT2D eigenvalue weighted by Gasteiger charge is -2.34. The van der Waals surface area contributed by atoms with Crippen LogP contribution in [0.5, 0.6) is 0 Å². The Morgan fingerprint density at radius 2 is 1.92 bits per heavy atom. The largest absolute Gasteiger partial charge is 0.324 e. The van der Waals surface area contributed by atoms with Crippen LogP contribution in [0.1, 0.15) is 23.6 Å². The summed E-state index contributed by atoms with van der Waals surface area (Å²) in [6.45, 7) is 3.47. The van der Waals surface area contributed by atoms with Crippen LogP contribution in [0.3, 0.4) is 0 Å². The maximum atomic E-state index is 13.5. The standard InChI is InChI=1S/C19H21FN2O3S/c1-3-26(24,25)22-12-15-7-5-4-6-14(15)10-18(22)19(23)21-17-11-16(20)9-8-13(17)2/h4-9,11,18H,3,10,12H2,1-2H3,(H,21,23)/t18-/m1/s1. The van der Waals surface area contributed by atoms with E-state index in [1.54, 1.807) is 19.9 Å². The molecule has 138 valence electrons. The summed E-state index contributed by atoms with van der Waals surface area (Å²) in [4.78, 5) is 12.9. The molecule has 0 spiro atoms. The number of sulfonamides is 1. The summed E-state index contributed by atoms with van der Waals surface area (Å²) in [5.41, 5.74) is 2.91. The topological polar surface area (TPSA) is 66.5 Å². The Balaban J connectivity index is 1.94. The van der Waals surface area contributed by atoms with Gasteiger partial charge in [-0.3, -0.25) is 4.79 Å². The second-order valence-electron chi connectivity index (χ2n) is 6.38. The van der Waals surface area contributed by atoms with Crippen molar-refractivity contribution in [2.45, 2.75) is 32.9 Å². The van der Waals surface area contributed by atoms with Crippen LogP contribution in [0.15, 0.2) is 42.5 Å². The molecule has 1 aliphatic heterocycles. The molecule has 3 rings (SSSR count). The van der Waals surface area contributed by atoms with E-state index < -0.39 is 27.8 Å². The molecule has 0 unspecified atom stereocenters. The quantitative estimate of drug-likeness (QED) is 0.892. The summed E-state index contributed by atoms with van der Waals surface area (Å²) in [6, 6.07) is 10.8. The highest BCUT2D eigenvalue weighted by Crippen LogP contribution is 2.27. The number of anilines is 1. The van der Waals surface area contributed by atoms with Crippen molar-refractivity contribution in [2.24, 2.45) is 0 Å². The molecule has 0 saturated heterocycles. The molecule has 0 fully saturated rings. The Kier molecular flexibility index (Phi) is 5.11. The monoisotopic (exact) mass is 376 g/mol. The lowest BCUT2D eigenvalue weighted by Crippen LogP contribution is -2.51. The van der Waals surface area contributed by atoms with Crippen molar-refractivity contribution in [1.29, 1.82) is 0 Å². The molecule has 0 saturated carbocycles. The molecule has 0 aliphatic carbocycles. The molecule has 26 heavy (non-hydrogen) atoms. The third-order valence-corrected chi connectivity index (χ3v) is 6.52. The van der Waals surface area contributed by atoms with Gasteiger partial charge in [0.05, 0.1) is 5.75 Å². The Morgan fingerprint density at radius 1 is 1.23 bits per heavy atom. The third-order valence-electron chi connectivity index (χ3n) is 4.69. The average molecular weight is 376 g/mol. The Bertz CT molecular complexity index is 944. The van der Waals surface area contributed by atoms with Crippen molar-refractivity contribution in [1.82, 2.24) is 4.31 Å². The van der Waals surface area contributed by atoms with Crippen LogP contribution >= 0.6 is 0 Å². The number of nitrogens with zero attached hydrogens (tertiary/aromatic N) is 1. The molecule has 5 nitrogen and oxygen atoms in total. The van der Waals surface area contributed by atoms with Crippen molar-refractivity contribution >= 4 is 21.6 Å². The molecule has 1 amide bonds. The molecule has 7 heteroatoms. The van der Waals surface area contributed by atoms with Crippen LogP contribution in [0.25, 0.3) is 0 Å². The fraction of sp³-hybridized carbons (Fsp3) is 0.316. The minimum absolute atomic E-state index is 0.0854. The van der Waals surface area contributed by atoms with Gasteiger partial charge in [-0.2, -0.15) is 4.31 Å². The zero-order valence-electron chi connectivity index (χ0n) is 14.7. The summed E-state index contributed by atoms with van der Waals surface area (Å²) >= 11 is 0. The molecular weight excluding hydrogens is 355 g/mol. The van der Waals surface area contributed by atoms with Gasteiger partial charge < -0.3 is 5.32 Å². The molecule has 0 radical (unpaired) electrons. The van der Waals surface area contributed by atoms with E-state index in [9.17, 15) is 17.6 Å². The van der Waals surface area contributed by atoms with Gasteiger partial charge in [0.25, 0.3) is 0 Å². The van der Waals surface area contributed by atoms with Gasteiger partial charge in [-0.15, -0.1) is 0 Å². The van der Waals surface area contributed by atoms with Gasteiger partial charge in [0.2, 0.25) is 15.9 Å². The number of hydrogen-bond acceptors (Lipinski definition) is 3. The molecule has 1 atom stereocenters. The maximum absolute atomic E-state index is 13.5. The third kappa shape index (κ3) is 3.64. The zero-order chi connectivity index (χ0) is 18.9. The van der Waals surface area contributed by atoms with Gasteiger partial charge in [-0.25, -0.2) is 12.8 Å². The van der Waals surface area contributed by atoms with E-state index in [0.717, 1.165) is 11.1 Å². The maximum Gasteiger partial charge on any atom is 0.243 e.